The predicted molar refractivity (Wildman–Crippen MR) is 58.7 cm³/mol. The van der Waals surface area contributed by atoms with Crippen molar-refractivity contribution in [2.45, 2.75) is 13.5 Å². The Morgan fingerprint density at radius 2 is 2.00 bits per heavy atom. The predicted octanol–water partition coefficient (Wildman–Crippen LogP) is 2.92. The van der Waals surface area contributed by atoms with E-state index >= 15 is 0 Å². The van der Waals surface area contributed by atoms with E-state index in [1.807, 2.05) is 11.5 Å². The van der Waals surface area contributed by atoms with E-state index in [-0.39, 0.29) is 10.4 Å². The van der Waals surface area contributed by atoms with Gasteiger partial charge in [0.25, 0.3) is 0 Å². The number of hydrogen-bond donors (Lipinski definition) is 0. The van der Waals surface area contributed by atoms with Gasteiger partial charge >= 0.3 is 0 Å². The van der Waals surface area contributed by atoms with Crippen molar-refractivity contribution in [3.8, 4) is 0 Å². The maximum absolute atomic E-state index is 5.87. The van der Waals surface area contributed by atoms with Crippen molar-refractivity contribution in [3.05, 3.63) is 15.2 Å². The zero-order valence-electron chi connectivity index (χ0n) is 7.13. The molecule has 0 aliphatic rings. The zero-order chi connectivity index (χ0) is 10.3. The van der Waals surface area contributed by atoms with Crippen LogP contribution in [0.3, 0.4) is 0 Å². The lowest BCUT2D eigenvalue weighted by molar-refractivity contribution is 0.756. The maximum Gasteiger partial charge on any atom is 0.225 e. The average Bonchev–Trinajstić information content (AvgIpc) is 2.41. The molecule has 0 aliphatic carbocycles. The Bertz CT molecular complexity index is 496. The third-order valence-corrected chi connectivity index (χ3v) is 2.83. The molecule has 0 spiro atoms. The summed E-state index contributed by atoms with van der Waals surface area (Å²) >= 11 is 14.9. The van der Waals surface area contributed by atoms with E-state index in [2.05, 4.69) is 30.9 Å². The van der Waals surface area contributed by atoms with Gasteiger partial charge in [-0.05, 0) is 34.5 Å². The minimum Gasteiger partial charge on any atom is -0.303 e. The zero-order valence-corrected chi connectivity index (χ0v) is 10.2. The topological polar surface area (TPSA) is 43.6 Å². The summed E-state index contributed by atoms with van der Waals surface area (Å²) in [6, 6.07) is 0. The van der Waals surface area contributed by atoms with Crippen molar-refractivity contribution < 1.29 is 0 Å². The molecule has 0 aromatic carbocycles. The Labute approximate surface area is 98.4 Å². The molecular weight excluding hydrogens is 291 g/mol. The molecule has 0 aliphatic heterocycles. The fourth-order valence-electron chi connectivity index (χ4n) is 1.20. The molecule has 0 radical (unpaired) electrons. The van der Waals surface area contributed by atoms with Crippen LogP contribution in [0.2, 0.25) is 10.4 Å². The number of aromatic nitrogens is 4. The molecule has 7 heteroatoms. The molecule has 2 heterocycles. The molecule has 0 bridgehead atoms. The lowest BCUT2D eigenvalue weighted by atomic mass is 10.5. The Balaban J connectivity index is 2.87. The van der Waals surface area contributed by atoms with Gasteiger partial charge in [-0.2, -0.15) is 4.98 Å². The first kappa shape index (κ1) is 10.1. The SMILES string of the molecule is CCn1c(Br)nc2c(Cl)nc(Cl)nc21. The van der Waals surface area contributed by atoms with Crippen LogP contribution in [0.15, 0.2) is 4.73 Å². The molecule has 0 fully saturated rings. The van der Waals surface area contributed by atoms with Crippen LogP contribution in [-0.2, 0) is 6.54 Å². The minimum absolute atomic E-state index is 0.129. The fraction of sp³-hybridized carbons (Fsp3) is 0.286. The molecule has 2 aromatic rings. The van der Waals surface area contributed by atoms with Crippen LogP contribution >= 0.6 is 39.1 Å². The number of hydrogen-bond acceptors (Lipinski definition) is 3. The standard InChI is InChI=1S/C7H5BrCl2N4/c1-2-14-5-3(11-6(14)8)4(9)12-7(10)13-5/h2H2,1H3. The van der Waals surface area contributed by atoms with E-state index in [0.717, 1.165) is 6.54 Å². The van der Waals surface area contributed by atoms with E-state index in [0.29, 0.717) is 15.9 Å². The molecule has 74 valence electrons. The molecule has 2 aromatic heterocycles. The smallest absolute Gasteiger partial charge is 0.225 e. The number of halogens is 3. The fourth-order valence-corrected chi connectivity index (χ4v) is 2.21. The molecule has 0 unspecified atom stereocenters. The van der Waals surface area contributed by atoms with Crippen molar-refractivity contribution in [3.63, 3.8) is 0 Å². The molecule has 0 saturated heterocycles. The van der Waals surface area contributed by atoms with Crippen LogP contribution in [0.25, 0.3) is 11.2 Å². The van der Waals surface area contributed by atoms with Crippen LogP contribution in [0.4, 0.5) is 0 Å². The van der Waals surface area contributed by atoms with Gasteiger partial charge in [0, 0.05) is 6.54 Å². The van der Waals surface area contributed by atoms with Gasteiger partial charge in [-0.25, -0.2) is 9.97 Å². The van der Waals surface area contributed by atoms with Crippen LogP contribution in [-0.4, -0.2) is 19.5 Å². The summed E-state index contributed by atoms with van der Waals surface area (Å²) in [6.07, 6.45) is 0. The number of imidazole rings is 1. The summed E-state index contributed by atoms with van der Waals surface area (Å²) in [6.45, 7) is 2.72. The molecule has 4 nitrogen and oxygen atoms in total. The first-order valence-electron chi connectivity index (χ1n) is 3.88. The molecule has 0 N–H and O–H groups in total. The van der Waals surface area contributed by atoms with E-state index in [1.165, 1.54) is 0 Å². The van der Waals surface area contributed by atoms with Crippen molar-refractivity contribution in [1.82, 2.24) is 19.5 Å². The Morgan fingerprint density at radius 1 is 1.29 bits per heavy atom. The molecule has 14 heavy (non-hydrogen) atoms. The van der Waals surface area contributed by atoms with Gasteiger partial charge in [-0.1, -0.05) is 11.6 Å². The summed E-state index contributed by atoms with van der Waals surface area (Å²) in [5, 5.41) is 0.400. The van der Waals surface area contributed by atoms with Crippen LogP contribution in [0.1, 0.15) is 6.92 Å². The summed E-state index contributed by atoms with van der Waals surface area (Å²) in [5.74, 6) is 0. The highest BCUT2D eigenvalue weighted by molar-refractivity contribution is 9.10. The highest BCUT2D eigenvalue weighted by atomic mass is 79.9. The first-order chi connectivity index (χ1) is 6.63. The minimum atomic E-state index is 0.129. The van der Waals surface area contributed by atoms with Crippen LogP contribution in [0, 0.1) is 0 Å². The molecule has 0 saturated carbocycles. The van der Waals surface area contributed by atoms with Crippen LogP contribution in [0.5, 0.6) is 0 Å². The van der Waals surface area contributed by atoms with Gasteiger partial charge in [0.2, 0.25) is 5.28 Å². The number of rotatable bonds is 1. The highest BCUT2D eigenvalue weighted by Gasteiger charge is 2.13. The third-order valence-electron chi connectivity index (χ3n) is 1.79. The van der Waals surface area contributed by atoms with Gasteiger partial charge in [0.15, 0.2) is 15.5 Å². The van der Waals surface area contributed by atoms with Gasteiger partial charge in [-0.15, -0.1) is 0 Å². The van der Waals surface area contributed by atoms with Crippen molar-refractivity contribution in [2.24, 2.45) is 0 Å². The van der Waals surface area contributed by atoms with Crippen molar-refractivity contribution in [2.75, 3.05) is 0 Å². The van der Waals surface area contributed by atoms with Gasteiger partial charge in [-0.3, -0.25) is 0 Å². The molecule has 0 atom stereocenters. The van der Waals surface area contributed by atoms with E-state index in [9.17, 15) is 0 Å². The second kappa shape index (κ2) is 3.64. The average molecular weight is 296 g/mol. The first-order valence-corrected chi connectivity index (χ1v) is 5.43. The summed E-state index contributed by atoms with van der Waals surface area (Å²) in [5.41, 5.74) is 1.20. The Kier molecular flexibility index (Phi) is 2.64. The second-order valence-corrected chi connectivity index (χ2v) is 3.99. The van der Waals surface area contributed by atoms with Crippen LogP contribution < -0.4 is 0 Å². The lowest BCUT2D eigenvalue weighted by Gasteiger charge is -1.99. The van der Waals surface area contributed by atoms with Gasteiger partial charge in [0.1, 0.15) is 5.52 Å². The Hall–Kier alpha value is -0.390. The number of aryl methyl sites for hydroxylation is 1. The third kappa shape index (κ3) is 1.49. The van der Waals surface area contributed by atoms with E-state index in [4.69, 9.17) is 23.2 Å². The highest BCUT2D eigenvalue weighted by Crippen LogP contribution is 2.24. The second-order valence-electron chi connectivity index (χ2n) is 2.58. The quantitative estimate of drug-likeness (QED) is 0.461. The maximum atomic E-state index is 5.87. The Morgan fingerprint density at radius 3 is 2.64 bits per heavy atom. The summed E-state index contributed by atoms with van der Waals surface area (Å²) in [4.78, 5) is 12.1. The van der Waals surface area contributed by atoms with E-state index < -0.39 is 0 Å². The van der Waals surface area contributed by atoms with Gasteiger partial charge < -0.3 is 4.57 Å². The monoisotopic (exact) mass is 294 g/mol. The van der Waals surface area contributed by atoms with Crippen molar-refractivity contribution in [1.29, 1.82) is 0 Å². The molecule has 2 rings (SSSR count). The largest absolute Gasteiger partial charge is 0.303 e. The molecule has 0 amide bonds. The summed E-state index contributed by atoms with van der Waals surface area (Å²) in [7, 11) is 0. The van der Waals surface area contributed by atoms with E-state index in [1.54, 1.807) is 0 Å². The number of nitrogens with zero attached hydrogens (tertiary/aromatic N) is 4. The summed E-state index contributed by atoms with van der Waals surface area (Å²) < 4.78 is 2.53. The number of fused-ring (bicyclic) bond motifs is 1. The lowest BCUT2D eigenvalue weighted by Crippen LogP contribution is -1.96. The molecular formula is C7H5BrCl2N4. The normalized spacial score (nSPS) is 11.1. The van der Waals surface area contributed by atoms with Gasteiger partial charge in [0.05, 0.1) is 0 Å². The van der Waals surface area contributed by atoms with Crippen molar-refractivity contribution >= 4 is 50.3 Å².